The Hall–Kier alpha value is -1.84. The first kappa shape index (κ1) is 11.2. The van der Waals surface area contributed by atoms with Crippen LogP contribution in [0.15, 0.2) is 35.5 Å². The highest BCUT2D eigenvalue weighted by Gasteiger charge is 2.16. The Morgan fingerprint density at radius 1 is 1.40 bits per heavy atom. The Morgan fingerprint density at radius 3 is 2.47 bits per heavy atom. The van der Waals surface area contributed by atoms with Crippen molar-refractivity contribution in [3.05, 3.63) is 30.3 Å². The highest BCUT2D eigenvalue weighted by atomic mass is 16.4. The van der Waals surface area contributed by atoms with Gasteiger partial charge in [0.25, 0.3) is 5.91 Å². The van der Waals surface area contributed by atoms with Crippen LogP contribution in [0, 0.1) is 0 Å². The van der Waals surface area contributed by atoms with E-state index in [1.165, 1.54) is 4.90 Å². The van der Waals surface area contributed by atoms with Crippen molar-refractivity contribution in [2.24, 2.45) is 5.16 Å². The second kappa shape index (κ2) is 5.14. The summed E-state index contributed by atoms with van der Waals surface area (Å²) >= 11 is 0. The summed E-state index contributed by atoms with van der Waals surface area (Å²) in [6, 6.07) is 9.22. The number of benzene rings is 1. The summed E-state index contributed by atoms with van der Waals surface area (Å²) in [7, 11) is 1.65. The summed E-state index contributed by atoms with van der Waals surface area (Å²) in [4.78, 5) is 13.2. The molecule has 1 aromatic carbocycles. The molecule has 4 nitrogen and oxygen atoms in total. The maximum atomic E-state index is 11.7. The number of para-hydroxylation sites is 1. The molecule has 0 heterocycles. The molecule has 0 saturated heterocycles. The minimum absolute atomic E-state index is 0.154. The van der Waals surface area contributed by atoms with Gasteiger partial charge in [0, 0.05) is 12.7 Å². The van der Waals surface area contributed by atoms with Crippen LogP contribution in [-0.4, -0.2) is 23.9 Å². The van der Waals surface area contributed by atoms with Crippen LogP contribution in [0.25, 0.3) is 0 Å². The number of rotatable bonds is 3. The highest BCUT2D eigenvalue weighted by Crippen LogP contribution is 2.11. The largest absolute Gasteiger partial charge is 0.410 e. The van der Waals surface area contributed by atoms with Gasteiger partial charge in [-0.15, -0.1) is 0 Å². The van der Waals surface area contributed by atoms with E-state index >= 15 is 0 Å². The molecular formula is C11H14N2O2. The molecule has 1 rings (SSSR count). The van der Waals surface area contributed by atoms with Crippen molar-refractivity contribution in [1.82, 2.24) is 0 Å². The summed E-state index contributed by atoms with van der Waals surface area (Å²) < 4.78 is 0. The number of hydrogen-bond acceptors (Lipinski definition) is 3. The number of hydrogen-bond donors (Lipinski definition) is 1. The maximum Gasteiger partial charge on any atom is 0.275 e. The summed E-state index contributed by atoms with van der Waals surface area (Å²) in [6.07, 6.45) is 0.409. The SMILES string of the molecule is CCC(=NO)C(=O)N(C)c1ccccc1. The van der Waals surface area contributed by atoms with Crippen LogP contribution in [0.2, 0.25) is 0 Å². The third-order valence-corrected chi connectivity index (χ3v) is 2.15. The lowest BCUT2D eigenvalue weighted by molar-refractivity contribution is -0.112. The van der Waals surface area contributed by atoms with Crippen LogP contribution < -0.4 is 4.90 Å². The molecule has 1 N–H and O–H groups in total. The molecule has 0 saturated carbocycles. The van der Waals surface area contributed by atoms with Crippen molar-refractivity contribution in [3.63, 3.8) is 0 Å². The van der Waals surface area contributed by atoms with E-state index in [0.29, 0.717) is 6.42 Å². The molecule has 0 aromatic heterocycles. The zero-order chi connectivity index (χ0) is 11.3. The molecule has 0 unspecified atom stereocenters. The molecule has 80 valence electrons. The Labute approximate surface area is 88.8 Å². The first-order chi connectivity index (χ1) is 7.20. The third kappa shape index (κ3) is 2.56. The van der Waals surface area contributed by atoms with Crippen molar-refractivity contribution < 1.29 is 10.0 Å². The van der Waals surface area contributed by atoms with Crippen molar-refractivity contribution in [2.75, 3.05) is 11.9 Å². The highest BCUT2D eigenvalue weighted by molar-refractivity contribution is 6.43. The number of nitrogens with zero attached hydrogens (tertiary/aromatic N) is 2. The maximum absolute atomic E-state index is 11.7. The molecule has 0 atom stereocenters. The number of oxime groups is 1. The Balaban J connectivity index is 2.86. The molecule has 15 heavy (non-hydrogen) atoms. The molecule has 0 spiro atoms. The lowest BCUT2D eigenvalue weighted by atomic mass is 10.2. The minimum atomic E-state index is -0.286. The molecule has 0 fully saturated rings. The first-order valence-corrected chi connectivity index (χ1v) is 4.74. The second-order valence-electron chi connectivity index (χ2n) is 3.10. The van der Waals surface area contributed by atoms with E-state index in [1.54, 1.807) is 14.0 Å². The van der Waals surface area contributed by atoms with Gasteiger partial charge in [0.1, 0.15) is 5.71 Å². The van der Waals surface area contributed by atoms with Gasteiger partial charge in [0.05, 0.1) is 0 Å². The zero-order valence-corrected chi connectivity index (χ0v) is 8.84. The number of carbonyl (C=O) groups excluding carboxylic acids is 1. The van der Waals surface area contributed by atoms with Gasteiger partial charge in [-0.2, -0.15) is 0 Å². The first-order valence-electron chi connectivity index (χ1n) is 4.74. The van der Waals surface area contributed by atoms with Crippen molar-refractivity contribution in [2.45, 2.75) is 13.3 Å². The predicted molar refractivity (Wildman–Crippen MR) is 59.4 cm³/mol. The van der Waals surface area contributed by atoms with Crippen LogP contribution in [0.5, 0.6) is 0 Å². The molecule has 1 amide bonds. The van der Waals surface area contributed by atoms with Crippen molar-refractivity contribution >= 4 is 17.3 Å². The van der Waals surface area contributed by atoms with E-state index in [9.17, 15) is 4.79 Å². The van der Waals surface area contributed by atoms with E-state index in [-0.39, 0.29) is 11.6 Å². The van der Waals surface area contributed by atoms with Crippen molar-refractivity contribution in [1.29, 1.82) is 0 Å². The summed E-state index contributed by atoms with van der Waals surface area (Å²) in [6.45, 7) is 1.77. The Bertz CT molecular complexity index is 360. The fourth-order valence-corrected chi connectivity index (χ4v) is 1.23. The van der Waals surface area contributed by atoms with Gasteiger partial charge >= 0.3 is 0 Å². The van der Waals surface area contributed by atoms with Gasteiger partial charge in [-0.25, -0.2) is 0 Å². The molecule has 0 radical (unpaired) electrons. The van der Waals surface area contributed by atoms with E-state index in [2.05, 4.69) is 5.16 Å². The molecule has 1 aromatic rings. The number of carbonyl (C=O) groups is 1. The van der Waals surface area contributed by atoms with Crippen LogP contribution in [0.4, 0.5) is 5.69 Å². The predicted octanol–water partition coefficient (Wildman–Crippen LogP) is 1.89. The molecular weight excluding hydrogens is 192 g/mol. The summed E-state index contributed by atoms with van der Waals surface area (Å²) in [5.41, 5.74) is 0.929. The average molecular weight is 206 g/mol. The summed E-state index contributed by atoms with van der Waals surface area (Å²) in [5, 5.41) is 11.6. The molecule has 0 aliphatic rings. The second-order valence-corrected chi connectivity index (χ2v) is 3.10. The fourth-order valence-electron chi connectivity index (χ4n) is 1.23. The van der Waals surface area contributed by atoms with Gasteiger partial charge in [0.15, 0.2) is 0 Å². The van der Waals surface area contributed by atoms with Crippen LogP contribution in [0.1, 0.15) is 13.3 Å². The smallest absolute Gasteiger partial charge is 0.275 e. The van der Waals surface area contributed by atoms with E-state index in [1.807, 2.05) is 30.3 Å². The molecule has 0 bridgehead atoms. The third-order valence-electron chi connectivity index (χ3n) is 2.15. The lowest BCUT2D eigenvalue weighted by Crippen LogP contribution is -2.32. The fraction of sp³-hybridized carbons (Fsp3) is 0.273. The van der Waals surface area contributed by atoms with Crippen molar-refractivity contribution in [3.8, 4) is 0 Å². The topological polar surface area (TPSA) is 52.9 Å². The minimum Gasteiger partial charge on any atom is -0.410 e. The van der Waals surface area contributed by atoms with E-state index < -0.39 is 0 Å². The van der Waals surface area contributed by atoms with Crippen LogP contribution >= 0.6 is 0 Å². The normalized spacial score (nSPS) is 11.2. The number of anilines is 1. The van der Waals surface area contributed by atoms with Crippen LogP contribution in [0.3, 0.4) is 0 Å². The van der Waals surface area contributed by atoms with Gasteiger partial charge < -0.3 is 10.1 Å². The quantitative estimate of drug-likeness (QED) is 0.466. The lowest BCUT2D eigenvalue weighted by Gasteiger charge is -2.16. The van der Waals surface area contributed by atoms with Gasteiger partial charge in [-0.3, -0.25) is 4.79 Å². The van der Waals surface area contributed by atoms with E-state index in [0.717, 1.165) is 5.69 Å². The number of amides is 1. The zero-order valence-electron chi connectivity index (χ0n) is 8.84. The van der Waals surface area contributed by atoms with Gasteiger partial charge in [-0.05, 0) is 18.6 Å². The Morgan fingerprint density at radius 2 is 2.00 bits per heavy atom. The van der Waals surface area contributed by atoms with E-state index in [4.69, 9.17) is 5.21 Å². The standard InChI is InChI=1S/C11H14N2O2/c1-3-10(12-15)11(14)13(2)9-7-5-4-6-8-9/h4-8,15H,3H2,1-2H3. The van der Waals surface area contributed by atoms with Crippen LogP contribution in [-0.2, 0) is 4.79 Å². The summed E-state index contributed by atoms with van der Waals surface area (Å²) in [5.74, 6) is -0.286. The van der Waals surface area contributed by atoms with Gasteiger partial charge in [-0.1, -0.05) is 30.3 Å². The average Bonchev–Trinajstić information content (AvgIpc) is 2.30. The monoisotopic (exact) mass is 206 g/mol. The Kier molecular flexibility index (Phi) is 3.85. The van der Waals surface area contributed by atoms with Gasteiger partial charge in [0.2, 0.25) is 0 Å². The molecule has 0 aliphatic heterocycles. The molecule has 0 aliphatic carbocycles. The molecule has 4 heteroatoms.